The number of rotatable bonds is 4. The van der Waals surface area contributed by atoms with Gasteiger partial charge in [-0.25, -0.2) is 0 Å². The Labute approximate surface area is 109 Å². The molecule has 0 radical (unpaired) electrons. The molecule has 102 valence electrons. The van der Waals surface area contributed by atoms with Crippen LogP contribution in [-0.2, 0) is 14.1 Å². The molecule has 18 heavy (non-hydrogen) atoms. The molecule has 0 bridgehead atoms. The van der Waals surface area contributed by atoms with Crippen molar-refractivity contribution in [2.75, 3.05) is 6.61 Å². The summed E-state index contributed by atoms with van der Waals surface area (Å²) < 4.78 is 16.7. The molecular weight excluding hydrogens is 251 g/mol. The van der Waals surface area contributed by atoms with Crippen LogP contribution in [0, 0.1) is 11.8 Å². The number of allylic oxidation sites excluding steroid dienone is 2. The molecule has 4 unspecified atom stereocenters. The van der Waals surface area contributed by atoms with E-state index in [4.69, 9.17) is 4.74 Å². The minimum Gasteiger partial charge on any atom is -0.466 e. The van der Waals surface area contributed by atoms with E-state index in [1.165, 1.54) is 0 Å². The van der Waals surface area contributed by atoms with Crippen molar-refractivity contribution in [2.45, 2.75) is 46.2 Å². The normalized spacial score (nSPS) is 29.2. The quantitative estimate of drug-likeness (QED) is 0.486. The average Bonchev–Trinajstić information content (AvgIpc) is 2.31. The molecule has 0 aromatic carbocycles. The highest BCUT2D eigenvalue weighted by Gasteiger charge is 2.48. The first-order valence-corrected chi connectivity index (χ1v) is 7.70. The molecule has 4 nitrogen and oxygen atoms in total. The predicted octanol–water partition coefficient (Wildman–Crippen LogP) is 3.04. The molecule has 0 aromatic heterocycles. The summed E-state index contributed by atoms with van der Waals surface area (Å²) >= 11 is 0. The molecule has 1 rings (SSSR count). The third-order valence-electron chi connectivity index (χ3n) is 3.86. The molecule has 0 aliphatic heterocycles. The first kappa shape index (κ1) is 15.3. The third kappa shape index (κ3) is 2.99. The van der Waals surface area contributed by atoms with Gasteiger partial charge in [-0.15, -0.1) is 0 Å². The lowest BCUT2D eigenvalue weighted by Crippen LogP contribution is -2.36. The van der Waals surface area contributed by atoms with Gasteiger partial charge in [-0.1, -0.05) is 12.5 Å². The Morgan fingerprint density at radius 3 is 2.50 bits per heavy atom. The van der Waals surface area contributed by atoms with E-state index in [0.29, 0.717) is 19.4 Å². The van der Waals surface area contributed by atoms with E-state index in [1.54, 1.807) is 6.92 Å². The van der Waals surface area contributed by atoms with E-state index >= 15 is 0 Å². The van der Waals surface area contributed by atoms with E-state index in [2.05, 4.69) is 0 Å². The van der Waals surface area contributed by atoms with E-state index in [9.17, 15) is 14.3 Å². The van der Waals surface area contributed by atoms with Crippen LogP contribution >= 0.6 is 8.03 Å². The van der Waals surface area contributed by atoms with E-state index < -0.39 is 13.7 Å². The second-order valence-electron chi connectivity index (χ2n) is 4.85. The zero-order valence-electron chi connectivity index (χ0n) is 11.5. The van der Waals surface area contributed by atoms with Crippen molar-refractivity contribution < 1.29 is 19.0 Å². The summed E-state index contributed by atoms with van der Waals surface area (Å²) in [6, 6.07) is 0. The molecule has 5 heteroatoms. The van der Waals surface area contributed by atoms with E-state index in [1.807, 2.05) is 20.8 Å². The van der Waals surface area contributed by atoms with Gasteiger partial charge in [-0.2, -0.15) is 4.89 Å². The minimum absolute atomic E-state index is 0.0960. The number of ether oxygens (including phenoxy) is 1. The van der Waals surface area contributed by atoms with Crippen LogP contribution in [0.25, 0.3) is 0 Å². The number of carbonyl (C=O) groups excluding carboxylic acids is 1. The first-order chi connectivity index (χ1) is 8.43. The molecule has 0 spiro atoms. The van der Waals surface area contributed by atoms with Crippen molar-refractivity contribution in [2.24, 2.45) is 11.8 Å². The van der Waals surface area contributed by atoms with Gasteiger partial charge >= 0.3 is 14.0 Å². The summed E-state index contributed by atoms with van der Waals surface area (Å²) in [6.45, 7) is 7.91. The topological polar surface area (TPSA) is 63.6 Å². The second kappa shape index (κ2) is 6.44. The highest BCUT2D eigenvalue weighted by Crippen LogP contribution is 2.46. The summed E-state index contributed by atoms with van der Waals surface area (Å²) in [5, 5.41) is 0. The largest absolute Gasteiger partial charge is 0.513 e. The van der Waals surface area contributed by atoms with Gasteiger partial charge in [0, 0.05) is 5.92 Å². The number of hydrogen-bond acceptors (Lipinski definition) is 3. The SMILES string of the molecule is CCOC(=O)C1CC(C)=C(C)C([P+](=O)O)C1CC. The van der Waals surface area contributed by atoms with Crippen LogP contribution in [-0.4, -0.2) is 23.1 Å². The van der Waals surface area contributed by atoms with Crippen LogP contribution in [0.3, 0.4) is 0 Å². The van der Waals surface area contributed by atoms with Crippen molar-refractivity contribution >= 4 is 14.0 Å². The van der Waals surface area contributed by atoms with E-state index in [0.717, 1.165) is 11.1 Å². The average molecular weight is 273 g/mol. The van der Waals surface area contributed by atoms with Crippen molar-refractivity contribution in [3.8, 4) is 0 Å². The van der Waals surface area contributed by atoms with Crippen molar-refractivity contribution in [1.82, 2.24) is 0 Å². The maximum atomic E-state index is 12.0. The third-order valence-corrected chi connectivity index (χ3v) is 5.11. The first-order valence-electron chi connectivity index (χ1n) is 6.42. The zero-order valence-corrected chi connectivity index (χ0v) is 12.4. The van der Waals surface area contributed by atoms with Crippen LogP contribution in [0.1, 0.15) is 40.5 Å². The highest BCUT2D eigenvalue weighted by atomic mass is 31.1. The van der Waals surface area contributed by atoms with Crippen LogP contribution in [0.15, 0.2) is 11.1 Å². The fourth-order valence-electron chi connectivity index (χ4n) is 2.78. The Balaban J connectivity index is 3.08. The molecule has 1 aliphatic rings. The van der Waals surface area contributed by atoms with Gasteiger partial charge in [-0.3, -0.25) is 4.79 Å². The molecule has 1 aliphatic carbocycles. The van der Waals surface area contributed by atoms with Crippen LogP contribution < -0.4 is 0 Å². The minimum atomic E-state index is -2.31. The maximum absolute atomic E-state index is 12.0. The van der Waals surface area contributed by atoms with Gasteiger partial charge in [0.1, 0.15) is 0 Å². The van der Waals surface area contributed by atoms with Gasteiger partial charge in [0.25, 0.3) is 0 Å². The van der Waals surface area contributed by atoms with Crippen LogP contribution in [0.2, 0.25) is 0 Å². The number of esters is 1. The Morgan fingerprint density at radius 1 is 1.44 bits per heavy atom. The van der Waals surface area contributed by atoms with Gasteiger partial charge in [-0.05, 0) is 43.8 Å². The highest BCUT2D eigenvalue weighted by molar-refractivity contribution is 7.39. The molecule has 1 N–H and O–H groups in total. The lowest BCUT2D eigenvalue weighted by Gasteiger charge is -2.31. The summed E-state index contributed by atoms with van der Waals surface area (Å²) in [6.07, 6.45) is 1.35. The monoisotopic (exact) mass is 273 g/mol. The Kier molecular flexibility index (Phi) is 5.48. The second-order valence-corrected chi connectivity index (χ2v) is 6.01. The smallest absolute Gasteiger partial charge is 0.466 e. The predicted molar refractivity (Wildman–Crippen MR) is 70.5 cm³/mol. The fourth-order valence-corrected chi connectivity index (χ4v) is 4.08. The maximum Gasteiger partial charge on any atom is 0.513 e. The van der Waals surface area contributed by atoms with Crippen molar-refractivity contribution in [3.63, 3.8) is 0 Å². The Bertz CT molecular complexity index is 375. The lowest BCUT2D eigenvalue weighted by atomic mass is 9.75. The van der Waals surface area contributed by atoms with Gasteiger partial charge in [0.2, 0.25) is 5.66 Å². The number of carbonyl (C=O) groups is 1. The molecule has 0 aromatic rings. The van der Waals surface area contributed by atoms with Crippen molar-refractivity contribution in [1.29, 1.82) is 0 Å². The van der Waals surface area contributed by atoms with Crippen molar-refractivity contribution in [3.05, 3.63) is 11.1 Å². The summed E-state index contributed by atoms with van der Waals surface area (Å²) in [5.41, 5.74) is 1.60. The van der Waals surface area contributed by atoms with Crippen LogP contribution in [0.4, 0.5) is 0 Å². The summed E-state index contributed by atoms with van der Waals surface area (Å²) in [5.74, 6) is -0.617. The Morgan fingerprint density at radius 2 is 2.06 bits per heavy atom. The van der Waals surface area contributed by atoms with E-state index in [-0.39, 0.29) is 17.8 Å². The summed E-state index contributed by atoms with van der Waals surface area (Å²) in [7, 11) is -2.31. The molecule has 0 fully saturated rings. The van der Waals surface area contributed by atoms with Crippen LogP contribution in [0.5, 0.6) is 0 Å². The van der Waals surface area contributed by atoms with Gasteiger partial charge in [0.05, 0.1) is 12.5 Å². The van der Waals surface area contributed by atoms with Gasteiger partial charge in [0.15, 0.2) is 0 Å². The van der Waals surface area contributed by atoms with Gasteiger partial charge < -0.3 is 4.74 Å². The molecule has 0 saturated heterocycles. The molecule has 0 saturated carbocycles. The lowest BCUT2D eigenvalue weighted by molar-refractivity contribution is -0.150. The zero-order chi connectivity index (χ0) is 13.9. The molecule has 0 amide bonds. The molecule has 0 heterocycles. The standard InChI is InChI=1S/C13H21O4P/c1-5-10-11(13(14)17-6-2)7-8(3)9(4)12(10)18(15)16/h10-12H,5-7H2,1-4H3/p+1. The number of hydrogen-bond donors (Lipinski definition) is 1. The Hall–Kier alpha value is -0.730. The summed E-state index contributed by atoms with van der Waals surface area (Å²) in [4.78, 5) is 21.5. The fraction of sp³-hybridized carbons (Fsp3) is 0.769. The molecular formula is C13H22O4P+. The molecule has 4 atom stereocenters.